The normalized spacial score (nSPS) is 17.5. The molecule has 9 heterocycles. The zero-order valence-electron chi connectivity index (χ0n) is 44.8. The highest BCUT2D eigenvalue weighted by Crippen LogP contribution is 2.38. The first-order valence-corrected chi connectivity index (χ1v) is 30.4. The lowest BCUT2D eigenvalue weighted by Gasteiger charge is -2.21. The highest BCUT2D eigenvalue weighted by Gasteiger charge is 2.32. The van der Waals surface area contributed by atoms with E-state index >= 15 is 0 Å². The first kappa shape index (κ1) is 59.4. The zero-order valence-corrected chi connectivity index (χ0v) is 49.7. The molecule has 0 aliphatic carbocycles. The van der Waals surface area contributed by atoms with Crippen LogP contribution < -0.4 is 31.9 Å². The molecule has 8 bridgehead atoms. The molecule has 0 fully saturated rings. The second-order valence-electron chi connectivity index (χ2n) is 18.6. The molecule has 1 aliphatic heterocycles. The molecule has 26 nitrogen and oxygen atoms in total. The van der Waals surface area contributed by atoms with E-state index in [4.69, 9.17) is 15.0 Å². The number of imidazole rings is 1. The van der Waals surface area contributed by atoms with Crippen molar-refractivity contribution in [3.05, 3.63) is 122 Å². The van der Waals surface area contributed by atoms with Gasteiger partial charge in [-0.25, -0.2) is 44.4 Å². The second-order valence-corrected chi connectivity index (χ2v) is 23.9. The summed E-state index contributed by atoms with van der Waals surface area (Å²) in [6.07, 6.45) is 1.59. The van der Waals surface area contributed by atoms with Crippen molar-refractivity contribution in [2.24, 2.45) is 5.92 Å². The number of thiazole rings is 6. The molecule has 6 amide bonds. The lowest BCUT2D eigenvalue weighted by atomic mass is 10.1. The fourth-order valence-electron chi connectivity index (χ4n) is 8.12. The Kier molecular flexibility index (Phi) is 18.2. The molecule has 8 N–H and O–H groups in total. The van der Waals surface area contributed by atoms with Gasteiger partial charge in [-0.2, -0.15) is 0 Å². The molecule has 0 saturated carbocycles. The van der Waals surface area contributed by atoms with Crippen LogP contribution in [0, 0.1) is 23.0 Å². The van der Waals surface area contributed by atoms with Crippen LogP contribution in [-0.4, -0.2) is 120 Å². The average Bonchev–Trinajstić information content (AvgIpc) is 4.43. The molecule has 8 aromatic heterocycles. The molecule has 32 heteroatoms. The van der Waals surface area contributed by atoms with Gasteiger partial charge in [0.1, 0.15) is 100 Å². The standard InChI is InChI=1S/C51H50N16O10S6/c1-8-26(40(70)52-12-13-66-24(7)53-14-35(66)67(76)77)55-41(71)30-17-80-49(60-30)34-20-81-48(62-34)28-11-10-25-39(54-28)29-15-82-51(57-29)38(23(6)69)65-44(74)33-19-83-50(61-33)36(21(3)4)63-42(72)32-18-79-47(59-32)27(9-2)56-45(75)37(22(5)68)64-43(73)31-16-78-46(25)58-31/h8-11,14-23,36-38,68-69H,12-13H2,1-7H3,(H,52,70)(H,55,71)(H,56,75)(H,63,72)(H,64,73)(H,65,74)/b26-8-,27-9-/t22-,23-,36-,37-,38-/m0/s1. The molecule has 0 saturated heterocycles. The quantitative estimate of drug-likeness (QED) is 0.0378. The minimum absolute atomic E-state index is 0.00681. The summed E-state index contributed by atoms with van der Waals surface area (Å²) in [4.78, 5) is 130. The first-order chi connectivity index (χ1) is 39.7. The van der Waals surface area contributed by atoms with Crippen molar-refractivity contribution in [1.29, 1.82) is 0 Å². The number of aromatic nitrogens is 9. The number of amides is 6. The van der Waals surface area contributed by atoms with Crippen molar-refractivity contribution in [3.63, 3.8) is 0 Å². The van der Waals surface area contributed by atoms with E-state index in [0.717, 1.165) is 51.5 Å². The third-order valence-electron chi connectivity index (χ3n) is 12.5. The minimum atomic E-state index is -1.46. The van der Waals surface area contributed by atoms with Gasteiger partial charge in [0.2, 0.25) is 5.91 Å². The van der Waals surface area contributed by atoms with Crippen molar-refractivity contribution in [1.82, 2.24) is 76.3 Å². The maximum atomic E-state index is 13.9. The fraction of sp³-hybridized carbons (Fsp3) is 0.294. The second kappa shape index (κ2) is 25.5. The van der Waals surface area contributed by atoms with Crippen molar-refractivity contribution in [2.45, 2.75) is 85.3 Å². The predicted octanol–water partition coefficient (Wildman–Crippen LogP) is 6.30. The molecule has 9 rings (SSSR count). The number of pyridine rings is 1. The van der Waals surface area contributed by atoms with Crippen LogP contribution in [0.15, 0.2) is 68.5 Å². The molecule has 8 aromatic rings. The highest BCUT2D eigenvalue weighted by molar-refractivity contribution is 7.15. The van der Waals surface area contributed by atoms with Crippen LogP contribution in [0.25, 0.3) is 49.1 Å². The maximum Gasteiger partial charge on any atom is 0.342 e. The van der Waals surface area contributed by atoms with Crippen LogP contribution >= 0.6 is 68.0 Å². The van der Waals surface area contributed by atoms with Crippen molar-refractivity contribution < 1.29 is 43.9 Å². The fourth-order valence-corrected chi connectivity index (χ4v) is 13.4. The van der Waals surface area contributed by atoms with E-state index in [0.29, 0.717) is 53.5 Å². The highest BCUT2D eigenvalue weighted by atomic mass is 32.1. The van der Waals surface area contributed by atoms with Crippen molar-refractivity contribution >= 4 is 115 Å². The molecular weight excluding hydrogens is 1190 g/mol. The number of nitrogens with zero attached hydrogens (tertiary/aromatic N) is 10. The van der Waals surface area contributed by atoms with Gasteiger partial charge in [-0.1, -0.05) is 26.0 Å². The summed E-state index contributed by atoms with van der Waals surface area (Å²) in [6, 6.07) is 0.296. The van der Waals surface area contributed by atoms with E-state index in [1.54, 1.807) is 55.1 Å². The number of allylic oxidation sites excluding steroid dienone is 2. The molecular formula is C51H50N16O10S6. The lowest BCUT2D eigenvalue weighted by molar-refractivity contribution is -0.392. The molecule has 0 radical (unpaired) electrons. The van der Waals surface area contributed by atoms with Gasteiger partial charge in [-0.05, 0) is 50.7 Å². The molecule has 0 spiro atoms. The van der Waals surface area contributed by atoms with Gasteiger partial charge in [0.25, 0.3) is 29.5 Å². The lowest BCUT2D eigenvalue weighted by Crippen LogP contribution is -2.52. The predicted molar refractivity (Wildman–Crippen MR) is 312 cm³/mol. The largest absolute Gasteiger partial charge is 0.391 e. The monoisotopic (exact) mass is 1240 g/mol. The molecule has 430 valence electrons. The number of rotatable bonds is 12. The average molecular weight is 1240 g/mol. The van der Waals surface area contributed by atoms with Gasteiger partial charge >= 0.3 is 5.82 Å². The number of aryl methyl sites for hydroxylation is 1. The first-order valence-electron chi connectivity index (χ1n) is 25.2. The van der Waals surface area contributed by atoms with Crippen LogP contribution in [0.4, 0.5) is 5.82 Å². The van der Waals surface area contributed by atoms with Gasteiger partial charge in [0.05, 0.1) is 36.2 Å². The molecule has 0 aromatic carbocycles. The Morgan fingerprint density at radius 3 is 1.92 bits per heavy atom. The smallest absolute Gasteiger partial charge is 0.342 e. The minimum Gasteiger partial charge on any atom is -0.391 e. The molecule has 83 heavy (non-hydrogen) atoms. The number of nitrogens with one attached hydrogen (secondary N) is 6. The van der Waals surface area contributed by atoms with Crippen LogP contribution in [0.2, 0.25) is 0 Å². The molecule has 5 atom stereocenters. The van der Waals surface area contributed by atoms with Gasteiger partial charge in [-0.15, -0.1) is 68.0 Å². The van der Waals surface area contributed by atoms with E-state index in [-0.39, 0.29) is 69.7 Å². The SMILES string of the molecule is C/C=C(\NC(=O)c1csc(-c2csc(-c3ccc4c(n3)-c3csc(n3)[C@H]([C@H](C)O)NC(=O)c3csc(n3)[C@H](C(C)C)NC(=O)c3csc(n3)/C(=C/C)NC(=O)[C@H]([C@H](C)O)NC(=O)c3csc-4n3)n2)n1)C(=O)NCCn1c([N+](=O)[O-])cnc1C. The topological polar surface area (TPSA) is 366 Å². The summed E-state index contributed by atoms with van der Waals surface area (Å²) in [7, 11) is 0. The van der Waals surface area contributed by atoms with Crippen LogP contribution in [0.5, 0.6) is 0 Å². The van der Waals surface area contributed by atoms with Gasteiger partial charge in [-0.3, -0.25) is 28.8 Å². The number of hydrogen-bond donors (Lipinski definition) is 8. The van der Waals surface area contributed by atoms with Gasteiger partial charge < -0.3 is 52.2 Å². The molecule has 1 aliphatic rings. The van der Waals surface area contributed by atoms with Crippen LogP contribution in [-0.2, 0) is 16.1 Å². The summed E-state index contributed by atoms with van der Waals surface area (Å²) < 4.78 is 1.35. The van der Waals surface area contributed by atoms with E-state index < -0.39 is 70.7 Å². The number of aliphatic hydroxyl groups excluding tert-OH is 2. The van der Waals surface area contributed by atoms with Gasteiger partial charge in [0, 0.05) is 44.8 Å². The van der Waals surface area contributed by atoms with E-state index in [1.165, 1.54) is 63.3 Å². The summed E-state index contributed by atoms with van der Waals surface area (Å²) in [5, 5.41) is 61.4. The summed E-state index contributed by atoms with van der Waals surface area (Å²) >= 11 is 6.88. The third kappa shape index (κ3) is 13.2. The Balaban J connectivity index is 1.01. The van der Waals surface area contributed by atoms with E-state index in [9.17, 15) is 49.1 Å². The Bertz CT molecular complexity index is 3860. The Morgan fingerprint density at radius 1 is 0.699 bits per heavy atom. The Labute approximate surface area is 495 Å². The number of fused-ring (bicyclic) bond motifs is 11. The number of carbonyl (C=O) groups excluding carboxylic acids is 6. The van der Waals surface area contributed by atoms with Crippen molar-refractivity contribution in [3.8, 4) is 43.4 Å². The van der Waals surface area contributed by atoms with Crippen molar-refractivity contribution in [2.75, 3.05) is 6.54 Å². The Hall–Kier alpha value is -8.24. The maximum absolute atomic E-state index is 13.9. The number of hydrogen-bond acceptors (Lipinski definition) is 24. The Morgan fingerprint density at radius 2 is 1.25 bits per heavy atom. The number of aliphatic hydroxyl groups is 2. The zero-order chi connectivity index (χ0) is 59.4. The summed E-state index contributed by atoms with van der Waals surface area (Å²) in [5.74, 6) is -3.97. The number of nitro groups is 1. The third-order valence-corrected chi connectivity index (χ3v) is 17.8. The van der Waals surface area contributed by atoms with E-state index in [1.807, 2.05) is 13.8 Å². The van der Waals surface area contributed by atoms with E-state index in [2.05, 4.69) is 56.8 Å². The van der Waals surface area contributed by atoms with Gasteiger partial charge in [0.15, 0.2) is 5.82 Å². The molecule has 0 unspecified atom stereocenters. The summed E-state index contributed by atoms with van der Waals surface area (Å²) in [5.41, 5.74) is 2.01. The van der Waals surface area contributed by atoms with Crippen LogP contribution in [0.1, 0.15) is 116 Å². The number of carbonyl (C=O) groups is 6. The van der Waals surface area contributed by atoms with Crippen LogP contribution in [0.3, 0.4) is 0 Å². The summed E-state index contributed by atoms with van der Waals surface area (Å²) in [6.45, 7) is 11.5.